The second-order valence-corrected chi connectivity index (χ2v) is 27.0. The average molecular weight is 1040 g/mol. The van der Waals surface area contributed by atoms with Gasteiger partial charge in [0.25, 0.3) is 0 Å². The normalized spacial score (nSPS) is 12.9. The lowest BCUT2D eigenvalue weighted by atomic mass is 10.1. The molecule has 0 aliphatic carbocycles. The van der Waals surface area contributed by atoms with Gasteiger partial charge in [-0.2, -0.15) is 17.2 Å². The van der Waals surface area contributed by atoms with Crippen molar-refractivity contribution in [1.29, 1.82) is 0 Å². The molecular formula is C54H82N4O8S4. The number of unbranched alkanes of at least 4 members (excludes halogenated alkanes) is 5. The van der Waals surface area contributed by atoms with Crippen LogP contribution >= 0.6 is 0 Å². The minimum absolute atomic E-state index is 0.175. The van der Waals surface area contributed by atoms with Crippen LogP contribution in [0.15, 0.2) is 68.1 Å². The van der Waals surface area contributed by atoms with E-state index in [-0.39, 0.29) is 36.0 Å². The summed E-state index contributed by atoms with van der Waals surface area (Å²) in [5.74, 6) is 0. The summed E-state index contributed by atoms with van der Waals surface area (Å²) in [6, 6.07) is 15.0. The topological polar surface area (TPSA) is 150 Å². The van der Waals surface area contributed by atoms with Gasteiger partial charge in [0.2, 0.25) is 40.1 Å². The molecule has 0 aliphatic rings. The van der Waals surface area contributed by atoms with Crippen LogP contribution in [-0.4, -0.2) is 103 Å². The Bertz CT molecular complexity index is 2640. The lowest BCUT2D eigenvalue weighted by Gasteiger charge is -2.27. The predicted molar refractivity (Wildman–Crippen MR) is 286 cm³/mol. The van der Waals surface area contributed by atoms with Gasteiger partial charge in [0.15, 0.2) is 0 Å². The molecule has 0 aromatic heterocycles. The zero-order valence-corrected chi connectivity index (χ0v) is 47.9. The number of hydrogen-bond donors (Lipinski definition) is 0. The van der Waals surface area contributed by atoms with Crippen molar-refractivity contribution >= 4 is 40.1 Å². The van der Waals surface area contributed by atoms with E-state index in [0.29, 0.717) is 132 Å². The Morgan fingerprint density at radius 2 is 0.429 bits per heavy atom. The molecule has 0 heterocycles. The maximum Gasteiger partial charge on any atom is 0.243 e. The molecule has 0 radical (unpaired) electrons. The average Bonchev–Trinajstić information content (AvgIpc) is 3.20. The first kappa shape index (κ1) is 59.1. The molecule has 0 saturated heterocycles. The van der Waals surface area contributed by atoms with Gasteiger partial charge in [0.05, 0.1) is 19.6 Å². The van der Waals surface area contributed by atoms with Crippen molar-refractivity contribution in [2.24, 2.45) is 0 Å². The van der Waals surface area contributed by atoms with E-state index in [2.05, 4.69) is 0 Å². The summed E-state index contributed by atoms with van der Waals surface area (Å²) in [5, 5.41) is 0. The van der Waals surface area contributed by atoms with Crippen molar-refractivity contribution in [2.45, 2.75) is 168 Å². The Kier molecular flexibility index (Phi) is 21.1. The van der Waals surface area contributed by atoms with Crippen molar-refractivity contribution < 1.29 is 33.7 Å². The minimum Gasteiger partial charge on any atom is -0.207 e. The van der Waals surface area contributed by atoms with E-state index in [9.17, 15) is 33.7 Å². The second-order valence-electron chi connectivity index (χ2n) is 19.5. The highest BCUT2D eigenvalue weighted by atomic mass is 32.2. The Balaban J connectivity index is 1.51. The smallest absolute Gasteiger partial charge is 0.207 e. The second kappa shape index (κ2) is 25.0. The van der Waals surface area contributed by atoms with Crippen LogP contribution in [-0.2, 0) is 40.1 Å². The standard InChI is InChI=1S/C54H82N4O8S4/c1-15-55(67(59,60)51-43(7)31-39(3)32-44(51)8)25-19-17-21-27-57(69(63,64)53-47(11)35-41(5)36-48(53)12)29-23-24-30-58(70(65,66)54-49(13)37-42(6)38-50(54)14)28-22-18-20-26-56(16-2)68(61,62)52-45(9)33-40(4)34-46(52)10/h31-38H,15-30H2,1-14H3. The van der Waals surface area contributed by atoms with Gasteiger partial charge in [-0.1, -0.05) is 97.5 Å². The summed E-state index contributed by atoms with van der Waals surface area (Å²) >= 11 is 0. The number of rotatable bonds is 27. The van der Waals surface area contributed by atoms with Crippen molar-refractivity contribution in [3.63, 3.8) is 0 Å². The van der Waals surface area contributed by atoms with Crippen LogP contribution in [0.2, 0.25) is 0 Å². The largest absolute Gasteiger partial charge is 0.243 e. The van der Waals surface area contributed by atoms with Crippen LogP contribution < -0.4 is 0 Å². The fourth-order valence-corrected chi connectivity index (χ4v) is 18.2. The Labute approximate surface area is 424 Å². The number of sulfonamides is 4. The van der Waals surface area contributed by atoms with Crippen LogP contribution in [0.1, 0.15) is 132 Å². The first-order chi connectivity index (χ1) is 32.6. The third kappa shape index (κ3) is 14.2. The summed E-state index contributed by atoms with van der Waals surface area (Å²) in [6.45, 7) is 28.0. The number of benzene rings is 4. The van der Waals surface area contributed by atoms with Crippen molar-refractivity contribution in [2.75, 3.05) is 52.4 Å². The van der Waals surface area contributed by atoms with Crippen molar-refractivity contribution in [3.8, 4) is 0 Å². The third-order valence-electron chi connectivity index (χ3n) is 13.2. The van der Waals surface area contributed by atoms with Gasteiger partial charge in [-0.25, -0.2) is 33.7 Å². The van der Waals surface area contributed by atoms with E-state index in [0.717, 1.165) is 22.3 Å². The Morgan fingerprint density at radius 1 is 0.271 bits per heavy atom. The van der Waals surface area contributed by atoms with E-state index in [1.807, 2.05) is 145 Å². The summed E-state index contributed by atoms with van der Waals surface area (Å²) < 4.78 is 120. The lowest BCUT2D eigenvalue weighted by molar-refractivity contribution is 0.351. The molecule has 4 aromatic rings. The molecule has 0 atom stereocenters. The van der Waals surface area contributed by atoms with Gasteiger partial charge in [-0.3, -0.25) is 0 Å². The molecule has 0 fully saturated rings. The molecule has 0 spiro atoms. The molecule has 4 aromatic carbocycles. The highest BCUT2D eigenvalue weighted by molar-refractivity contribution is 7.90. The first-order valence-electron chi connectivity index (χ1n) is 24.9. The monoisotopic (exact) mass is 1040 g/mol. The Morgan fingerprint density at radius 3 is 0.614 bits per heavy atom. The molecule has 0 unspecified atom stereocenters. The molecule has 0 saturated carbocycles. The molecule has 4 rings (SSSR count). The maximum absolute atomic E-state index is 14.6. The van der Waals surface area contributed by atoms with E-state index in [1.54, 1.807) is 0 Å². The quantitative estimate of drug-likeness (QED) is 0.0536. The molecular weight excluding hydrogens is 961 g/mol. The van der Waals surface area contributed by atoms with E-state index in [4.69, 9.17) is 0 Å². The number of aryl methyl sites for hydroxylation is 12. The molecule has 0 amide bonds. The minimum atomic E-state index is -3.96. The molecule has 0 aliphatic heterocycles. The molecule has 16 heteroatoms. The van der Waals surface area contributed by atoms with E-state index < -0.39 is 40.1 Å². The van der Waals surface area contributed by atoms with Crippen molar-refractivity contribution in [3.05, 3.63) is 115 Å². The van der Waals surface area contributed by atoms with Crippen LogP contribution in [0, 0.1) is 83.1 Å². The van der Waals surface area contributed by atoms with Gasteiger partial charge in [-0.05, 0) is 166 Å². The summed E-state index contributed by atoms with van der Waals surface area (Å²) in [6.07, 6.45) is 4.13. The van der Waals surface area contributed by atoms with Crippen LogP contribution in [0.3, 0.4) is 0 Å². The highest BCUT2D eigenvalue weighted by Crippen LogP contribution is 2.30. The van der Waals surface area contributed by atoms with Gasteiger partial charge < -0.3 is 0 Å². The SMILES string of the molecule is CCN(CCCCCN(CCCCN(CCCCCN(CC)S(=O)(=O)c1c(C)cc(C)cc1C)S(=O)(=O)c1c(C)cc(C)cc1C)S(=O)(=O)c1c(C)cc(C)cc1C)S(=O)(=O)c1c(C)cc(C)cc1C. The maximum atomic E-state index is 14.6. The van der Waals surface area contributed by atoms with Crippen LogP contribution in [0.5, 0.6) is 0 Å². The zero-order valence-electron chi connectivity index (χ0n) is 44.6. The Hall–Kier alpha value is -3.48. The fourth-order valence-electron chi connectivity index (χ4n) is 10.5. The van der Waals surface area contributed by atoms with E-state index in [1.165, 1.54) is 17.2 Å². The molecule has 0 N–H and O–H groups in total. The fraction of sp³-hybridized carbons (Fsp3) is 0.556. The zero-order chi connectivity index (χ0) is 52.5. The highest BCUT2D eigenvalue weighted by Gasteiger charge is 2.32. The van der Waals surface area contributed by atoms with Crippen LogP contribution in [0.4, 0.5) is 0 Å². The first-order valence-corrected chi connectivity index (χ1v) is 30.7. The summed E-state index contributed by atoms with van der Waals surface area (Å²) in [7, 11) is -15.4. The third-order valence-corrected chi connectivity index (χ3v) is 22.2. The van der Waals surface area contributed by atoms with Crippen molar-refractivity contribution in [1.82, 2.24) is 17.2 Å². The van der Waals surface area contributed by atoms with Gasteiger partial charge in [0.1, 0.15) is 0 Å². The number of hydrogen-bond acceptors (Lipinski definition) is 8. The van der Waals surface area contributed by atoms with Crippen LogP contribution in [0.25, 0.3) is 0 Å². The molecule has 12 nitrogen and oxygen atoms in total. The predicted octanol–water partition coefficient (Wildman–Crippen LogP) is 10.6. The molecule has 0 bridgehead atoms. The van der Waals surface area contributed by atoms with E-state index >= 15 is 0 Å². The number of nitrogens with zero attached hydrogens (tertiary/aromatic N) is 4. The van der Waals surface area contributed by atoms with Gasteiger partial charge in [-0.15, -0.1) is 0 Å². The summed E-state index contributed by atoms with van der Waals surface area (Å²) in [4.78, 5) is 1.23. The van der Waals surface area contributed by atoms with Gasteiger partial charge >= 0.3 is 0 Å². The van der Waals surface area contributed by atoms with Gasteiger partial charge in [0, 0.05) is 52.4 Å². The molecule has 70 heavy (non-hydrogen) atoms. The summed E-state index contributed by atoms with van der Waals surface area (Å²) in [5.41, 5.74) is 9.45. The molecule has 390 valence electrons. The lowest BCUT2D eigenvalue weighted by Crippen LogP contribution is -2.36.